The van der Waals surface area contributed by atoms with Crippen LogP contribution in [0.1, 0.15) is 11.3 Å². The number of alkyl halides is 3. The summed E-state index contributed by atoms with van der Waals surface area (Å²) in [6.07, 6.45) is -0.877. The molecule has 1 unspecified atom stereocenters. The lowest BCUT2D eigenvalue weighted by atomic mass is 10.1. The molecule has 2 heterocycles. The van der Waals surface area contributed by atoms with Crippen molar-refractivity contribution in [3.05, 3.63) is 78.4 Å². The number of ether oxygens (including phenoxy) is 2. The van der Waals surface area contributed by atoms with Gasteiger partial charge in [0.1, 0.15) is 29.9 Å². The van der Waals surface area contributed by atoms with E-state index in [0.717, 1.165) is 29.0 Å². The van der Waals surface area contributed by atoms with Crippen LogP contribution in [0.2, 0.25) is 0 Å². The zero-order chi connectivity index (χ0) is 25.7. The molecule has 0 aliphatic carbocycles. The van der Waals surface area contributed by atoms with Crippen LogP contribution >= 0.6 is 0 Å². The number of halogens is 3. The van der Waals surface area contributed by atoms with Gasteiger partial charge in [0.25, 0.3) is 0 Å². The number of aliphatic hydroxyl groups excluding tert-OH is 1. The molecule has 4 rings (SSSR count). The highest BCUT2D eigenvalue weighted by atomic mass is 19.4. The second kappa shape index (κ2) is 10.6. The van der Waals surface area contributed by atoms with Crippen molar-refractivity contribution in [2.24, 2.45) is 0 Å². The number of hydrogen-bond acceptors (Lipinski definition) is 7. The van der Waals surface area contributed by atoms with Crippen LogP contribution in [0, 0.1) is 6.92 Å². The number of hydrogen-bond donors (Lipinski definition) is 2. The van der Waals surface area contributed by atoms with Crippen LogP contribution in [0.4, 0.5) is 24.8 Å². The molecule has 188 valence electrons. The topological polar surface area (TPSA) is 94.3 Å². The molecule has 0 bridgehead atoms. The molecule has 1 atom stereocenters. The van der Waals surface area contributed by atoms with Crippen LogP contribution in [-0.2, 0) is 12.7 Å². The molecule has 0 aliphatic rings. The fourth-order valence-electron chi connectivity index (χ4n) is 3.47. The van der Waals surface area contributed by atoms with Gasteiger partial charge in [-0.05, 0) is 60.5 Å². The lowest BCUT2D eigenvalue weighted by Crippen LogP contribution is -2.23. The Labute approximate surface area is 205 Å². The van der Waals surface area contributed by atoms with Gasteiger partial charge < -0.3 is 19.9 Å². The van der Waals surface area contributed by atoms with E-state index >= 15 is 0 Å². The quantitative estimate of drug-likeness (QED) is 0.340. The van der Waals surface area contributed by atoms with Gasteiger partial charge in [-0.3, -0.25) is 4.68 Å². The zero-order valence-electron chi connectivity index (χ0n) is 19.5. The lowest BCUT2D eigenvalue weighted by molar-refractivity contribution is -0.141. The minimum Gasteiger partial charge on any atom is -0.497 e. The summed E-state index contributed by atoms with van der Waals surface area (Å²) in [6, 6.07) is 13.3. The summed E-state index contributed by atoms with van der Waals surface area (Å²) in [6.45, 7) is 2.16. The van der Waals surface area contributed by atoms with Gasteiger partial charge in [0, 0.05) is 23.6 Å². The molecule has 2 aromatic heterocycles. The van der Waals surface area contributed by atoms with Crippen molar-refractivity contribution in [1.82, 2.24) is 19.7 Å². The Morgan fingerprint density at radius 2 is 1.81 bits per heavy atom. The van der Waals surface area contributed by atoms with E-state index in [4.69, 9.17) is 9.47 Å². The Bertz CT molecular complexity index is 1310. The fourth-order valence-corrected chi connectivity index (χ4v) is 3.47. The third kappa shape index (κ3) is 6.51. The van der Waals surface area contributed by atoms with E-state index < -0.39 is 18.0 Å². The van der Waals surface area contributed by atoms with Crippen molar-refractivity contribution in [3.63, 3.8) is 0 Å². The first-order chi connectivity index (χ1) is 17.2. The molecule has 2 aromatic carbocycles. The van der Waals surface area contributed by atoms with E-state index in [1.807, 2.05) is 13.0 Å². The van der Waals surface area contributed by atoms with Crippen LogP contribution in [0.15, 0.2) is 67.1 Å². The Morgan fingerprint density at radius 3 is 2.53 bits per heavy atom. The van der Waals surface area contributed by atoms with Crippen molar-refractivity contribution in [2.45, 2.75) is 25.7 Å². The van der Waals surface area contributed by atoms with Crippen molar-refractivity contribution in [2.75, 3.05) is 19.0 Å². The standard InChI is InChI=1S/C25H24F3N5O3/c1-16-9-17(11-19(10-16)31-24-29-8-7-23(32-24)25(26,27)28)18-12-30-33(13-18)14-20(34)15-36-22-5-3-21(35-2)4-6-22/h3-13,20,34H,14-15H2,1-2H3,(H,29,31,32). The molecule has 11 heteroatoms. The number of aliphatic hydroxyl groups is 1. The molecular weight excluding hydrogens is 475 g/mol. The second-order valence-corrected chi connectivity index (χ2v) is 8.07. The largest absolute Gasteiger partial charge is 0.497 e. The predicted molar refractivity (Wildman–Crippen MR) is 127 cm³/mol. The third-order valence-corrected chi connectivity index (χ3v) is 5.15. The normalized spacial score (nSPS) is 12.3. The monoisotopic (exact) mass is 499 g/mol. The first-order valence-corrected chi connectivity index (χ1v) is 11.0. The highest BCUT2D eigenvalue weighted by molar-refractivity contribution is 5.70. The summed E-state index contributed by atoms with van der Waals surface area (Å²) in [5.41, 5.74) is 1.95. The van der Waals surface area contributed by atoms with Crippen molar-refractivity contribution >= 4 is 11.6 Å². The highest BCUT2D eigenvalue weighted by Gasteiger charge is 2.32. The van der Waals surface area contributed by atoms with E-state index in [2.05, 4.69) is 20.4 Å². The average Bonchev–Trinajstić information content (AvgIpc) is 3.31. The summed E-state index contributed by atoms with van der Waals surface area (Å²) in [5.74, 6) is 1.17. The Morgan fingerprint density at radius 1 is 1.06 bits per heavy atom. The van der Waals surface area contributed by atoms with E-state index in [0.29, 0.717) is 17.2 Å². The van der Waals surface area contributed by atoms with Crippen LogP contribution in [0.3, 0.4) is 0 Å². The van der Waals surface area contributed by atoms with Crippen LogP contribution in [0.25, 0.3) is 11.1 Å². The molecule has 0 radical (unpaired) electrons. The van der Waals surface area contributed by atoms with Crippen LogP contribution in [0.5, 0.6) is 11.5 Å². The number of aryl methyl sites for hydroxylation is 1. The molecule has 0 fully saturated rings. The van der Waals surface area contributed by atoms with E-state index in [9.17, 15) is 18.3 Å². The SMILES string of the molecule is COc1ccc(OCC(O)Cn2cc(-c3cc(C)cc(Nc4nccc(C(F)(F)F)n4)c3)cn2)cc1. The van der Waals surface area contributed by atoms with Gasteiger partial charge in [-0.25, -0.2) is 9.97 Å². The number of benzene rings is 2. The van der Waals surface area contributed by atoms with Gasteiger partial charge >= 0.3 is 6.18 Å². The first-order valence-electron chi connectivity index (χ1n) is 11.0. The van der Waals surface area contributed by atoms with Crippen LogP contribution < -0.4 is 14.8 Å². The molecule has 2 N–H and O–H groups in total. The van der Waals surface area contributed by atoms with E-state index in [1.54, 1.807) is 60.6 Å². The third-order valence-electron chi connectivity index (χ3n) is 5.15. The highest BCUT2D eigenvalue weighted by Crippen LogP contribution is 2.29. The Hall–Kier alpha value is -4.12. The number of aromatic nitrogens is 4. The average molecular weight is 499 g/mol. The molecule has 8 nitrogen and oxygen atoms in total. The van der Waals surface area contributed by atoms with Gasteiger partial charge in [0.05, 0.1) is 19.9 Å². The molecule has 0 amide bonds. The zero-order valence-corrected chi connectivity index (χ0v) is 19.5. The van der Waals surface area contributed by atoms with Crippen LogP contribution in [-0.4, -0.2) is 44.7 Å². The number of rotatable bonds is 9. The molecule has 0 aliphatic heterocycles. The summed E-state index contributed by atoms with van der Waals surface area (Å²) in [7, 11) is 1.58. The van der Waals surface area contributed by atoms with Gasteiger partial charge in [-0.15, -0.1) is 0 Å². The summed E-state index contributed by atoms with van der Waals surface area (Å²) < 4.78 is 51.2. The van der Waals surface area contributed by atoms with E-state index in [-0.39, 0.29) is 19.1 Å². The Balaban J connectivity index is 1.41. The molecule has 0 saturated carbocycles. The maximum absolute atomic E-state index is 13.0. The first kappa shape index (κ1) is 25.0. The summed E-state index contributed by atoms with van der Waals surface area (Å²) in [5, 5.41) is 17.5. The minimum absolute atomic E-state index is 0.0804. The van der Waals surface area contributed by atoms with E-state index in [1.165, 1.54) is 0 Å². The molecule has 36 heavy (non-hydrogen) atoms. The minimum atomic E-state index is -4.56. The lowest BCUT2D eigenvalue weighted by Gasteiger charge is -2.13. The van der Waals surface area contributed by atoms with Crippen molar-refractivity contribution in [3.8, 4) is 22.6 Å². The number of anilines is 2. The van der Waals surface area contributed by atoms with Gasteiger partial charge in [-0.2, -0.15) is 18.3 Å². The predicted octanol–water partition coefficient (Wildman–Crippen LogP) is 4.86. The Kier molecular flexibility index (Phi) is 7.39. The summed E-state index contributed by atoms with van der Waals surface area (Å²) in [4.78, 5) is 7.43. The van der Waals surface area contributed by atoms with Gasteiger partial charge in [0.15, 0.2) is 0 Å². The molecule has 4 aromatic rings. The molecule has 0 saturated heterocycles. The molecular formula is C25H24F3N5O3. The smallest absolute Gasteiger partial charge is 0.433 e. The van der Waals surface area contributed by atoms with Crippen molar-refractivity contribution < 1.29 is 27.8 Å². The molecule has 0 spiro atoms. The summed E-state index contributed by atoms with van der Waals surface area (Å²) >= 11 is 0. The number of methoxy groups -OCH3 is 1. The second-order valence-electron chi connectivity index (χ2n) is 8.07. The van der Waals surface area contributed by atoms with Gasteiger partial charge in [0.2, 0.25) is 5.95 Å². The number of nitrogens with zero attached hydrogens (tertiary/aromatic N) is 4. The maximum atomic E-state index is 13.0. The number of nitrogens with one attached hydrogen (secondary N) is 1. The van der Waals surface area contributed by atoms with Crippen molar-refractivity contribution in [1.29, 1.82) is 0 Å². The fraction of sp³-hybridized carbons (Fsp3) is 0.240. The van der Waals surface area contributed by atoms with Gasteiger partial charge in [-0.1, -0.05) is 6.07 Å². The maximum Gasteiger partial charge on any atom is 0.433 e.